The molecular weight excluding hydrogens is 343 g/mol. The van der Waals surface area contributed by atoms with Gasteiger partial charge in [-0.3, -0.25) is 0 Å². The van der Waals surface area contributed by atoms with Crippen molar-refractivity contribution >= 4 is 11.6 Å². The van der Waals surface area contributed by atoms with Crippen molar-refractivity contribution in [2.24, 2.45) is 5.41 Å². The first-order chi connectivity index (χ1) is 12.7. The lowest BCUT2D eigenvalue weighted by Crippen LogP contribution is -2.37. The number of aromatic nitrogens is 3. The van der Waals surface area contributed by atoms with E-state index in [-0.39, 0.29) is 11.4 Å². The summed E-state index contributed by atoms with van der Waals surface area (Å²) in [5.41, 5.74) is 0.893. The molecule has 0 aliphatic carbocycles. The molecule has 0 spiro atoms. The molecule has 0 amide bonds. The normalized spacial score (nSPS) is 16.7. The van der Waals surface area contributed by atoms with Crippen molar-refractivity contribution in [1.82, 2.24) is 20.1 Å². The van der Waals surface area contributed by atoms with Gasteiger partial charge in [0.25, 0.3) is 0 Å². The number of anilines is 2. The molecule has 2 aromatic rings. The molecule has 2 N–H and O–H groups in total. The molecule has 1 aliphatic heterocycles. The van der Waals surface area contributed by atoms with E-state index in [4.69, 9.17) is 0 Å². The van der Waals surface area contributed by atoms with E-state index in [2.05, 4.69) is 26.8 Å². The van der Waals surface area contributed by atoms with E-state index in [9.17, 15) is 9.65 Å². The summed E-state index contributed by atoms with van der Waals surface area (Å²) in [7, 11) is 0. The van der Waals surface area contributed by atoms with Crippen LogP contribution < -0.4 is 10.6 Å². The molecule has 27 heavy (non-hydrogen) atoms. The zero-order valence-electron chi connectivity index (χ0n) is 16.4. The Bertz CT molecular complexity index is 852. The number of piperidine rings is 1. The van der Waals surface area contributed by atoms with Gasteiger partial charge in [0, 0.05) is 18.2 Å². The second-order valence-electron chi connectivity index (χ2n) is 8.33. The largest absolute Gasteiger partial charge is 0.323 e. The predicted molar refractivity (Wildman–Crippen MR) is 103 cm³/mol. The van der Waals surface area contributed by atoms with Crippen LogP contribution in [0.3, 0.4) is 0 Å². The standard InChI is InChI=1S/C20H27FN6/c1-14-11-17(27(26-14)19(2,3)4)25-18-16(21)6-5-15(24-18)12-20(13-22)7-9-23-10-8-20/h5-6,11,23H,7-10,12H2,1-4H3,(H,24,25). The van der Waals surface area contributed by atoms with E-state index in [1.807, 2.05) is 38.4 Å². The van der Waals surface area contributed by atoms with E-state index >= 15 is 0 Å². The third kappa shape index (κ3) is 4.28. The smallest absolute Gasteiger partial charge is 0.168 e. The second kappa shape index (κ2) is 7.28. The van der Waals surface area contributed by atoms with E-state index in [0.29, 0.717) is 12.2 Å². The fraction of sp³-hybridized carbons (Fsp3) is 0.550. The van der Waals surface area contributed by atoms with Crippen LogP contribution in [0.15, 0.2) is 18.2 Å². The molecule has 0 aromatic carbocycles. The molecule has 3 heterocycles. The zero-order chi connectivity index (χ0) is 19.7. The lowest BCUT2D eigenvalue weighted by atomic mass is 9.76. The Morgan fingerprint density at radius 1 is 1.33 bits per heavy atom. The summed E-state index contributed by atoms with van der Waals surface area (Å²) in [5, 5.41) is 20.6. The summed E-state index contributed by atoms with van der Waals surface area (Å²) in [6.07, 6.45) is 2.08. The second-order valence-corrected chi connectivity index (χ2v) is 8.33. The quantitative estimate of drug-likeness (QED) is 0.859. The van der Waals surface area contributed by atoms with Gasteiger partial charge < -0.3 is 10.6 Å². The van der Waals surface area contributed by atoms with Crippen LogP contribution in [0.1, 0.15) is 45.0 Å². The average molecular weight is 370 g/mol. The van der Waals surface area contributed by atoms with E-state index < -0.39 is 11.2 Å². The fourth-order valence-electron chi connectivity index (χ4n) is 3.47. The number of nitrogens with one attached hydrogen (secondary N) is 2. The maximum Gasteiger partial charge on any atom is 0.168 e. The number of aryl methyl sites for hydroxylation is 1. The summed E-state index contributed by atoms with van der Waals surface area (Å²) >= 11 is 0. The number of nitriles is 1. The van der Waals surface area contributed by atoms with Crippen LogP contribution in [0.5, 0.6) is 0 Å². The summed E-state index contributed by atoms with van der Waals surface area (Å²) in [6.45, 7) is 9.67. The van der Waals surface area contributed by atoms with E-state index in [1.54, 1.807) is 6.07 Å². The van der Waals surface area contributed by atoms with Crippen LogP contribution in [0.4, 0.5) is 16.0 Å². The third-order valence-corrected chi connectivity index (χ3v) is 4.93. The first-order valence-corrected chi connectivity index (χ1v) is 9.34. The first-order valence-electron chi connectivity index (χ1n) is 9.34. The van der Waals surface area contributed by atoms with Gasteiger partial charge in [0.15, 0.2) is 11.6 Å². The molecule has 1 saturated heterocycles. The van der Waals surface area contributed by atoms with Gasteiger partial charge in [-0.05, 0) is 65.8 Å². The maximum absolute atomic E-state index is 14.4. The lowest BCUT2D eigenvalue weighted by molar-refractivity contribution is 0.278. The number of hydrogen-bond acceptors (Lipinski definition) is 5. The molecule has 0 atom stereocenters. The highest BCUT2D eigenvalue weighted by molar-refractivity contribution is 5.54. The molecule has 6 nitrogen and oxygen atoms in total. The molecule has 0 unspecified atom stereocenters. The highest BCUT2D eigenvalue weighted by Gasteiger charge is 2.33. The number of nitrogens with zero attached hydrogens (tertiary/aromatic N) is 4. The number of halogens is 1. The summed E-state index contributed by atoms with van der Waals surface area (Å²) in [6, 6.07) is 7.44. The highest BCUT2D eigenvalue weighted by Crippen LogP contribution is 2.32. The molecule has 3 rings (SSSR count). The molecule has 144 valence electrons. The van der Waals surface area contributed by atoms with Crippen molar-refractivity contribution in [2.45, 2.75) is 52.5 Å². The molecule has 7 heteroatoms. The Morgan fingerprint density at radius 3 is 2.67 bits per heavy atom. The van der Waals surface area contributed by atoms with Crippen molar-refractivity contribution in [3.05, 3.63) is 35.4 Å². The van der Waals surface area contributed by atoms with Gasteiger partial charge >= 0.3 is 0 Å². The fourth-order valence-corrected chi connectivity index (χ4v) is 3.47. The first kappa shape index (κ1) is 19.3. The average Bonchev–Trinajstić information content (AvgIpc) is 2.99. The Hall–Kier alpha value is -2.46. The van der Waals surface area contributed by atoms with Gasteiger partial charge in [-0.15, -0.1) is 0 Å². The lowest BCUT2D eigenvalue weighted by Gasteiger charge is -2.31. The van der Waals surface area contributed by atoms with Crippen LogP contribution in [0, 0.1) is 29.5 Å². The van der Waals surface area contributed by atoms with Gasteiger partial charge in [0.2, 0.25) is 0 Å². The van der Waals surface area contributed by atoms with Crippen molar-refractivity contribution in [3.63, 3.8) is 0 Å². The minimum Gasteiger partial charge on any atom is -0.323 e. The van der Waals surface area contributed by atoms with Crippen LogP contribution in [-0.2, 0) is 12.0 Å². The number of pyridine rings is 1. The SMILES string of the molecule is Cc1cc(Nc2nc(CC3(C#N)CCNCC3)ccc2F)n(C(C)(C)C)n1. The molecule has 0 saturated carbocycles. The van der Waals surface area contributed by atoms with Crippen molar-refractivity contribution in [1.29, 1.82) is 5.26 Å². The molecule has 1 fully saturated rings. The van der Waals surface area contributed by atoms with E-state index in [1.165, 1.54) is 6.07 Å². The zero-order valence-corrected chi connectivity index (χ0v) is 16.4. The Labute approximate surface area is 159 Å². The Kier molecular flexibility index (Phi) is 5.20. The van der Waals surface area contributed by atoms with Gasteiger partial charge in [0.05, 0.1) is 22.7 Å². The highest BCUT2D eigenvalue weighted by atomic mass is 19.1. The van der Waals surface area contributed by atoms with Crippen LogP contribution in [0.2, 0.25) is 0 Å². The minimum absolute atomic E-state index is 0.167. The van der Waals surface area contributed by atoms with Crippen molar-refractivity contribution in [2.75, 3.05) is 18.4 Å². The topological polar surface area (TPSA) is 78.6 Å². The minimum atomic E-state index is -0.433. The Balaban J connectivity index is 1.88. The van der Waals surface area contributed by atoms with Gasteiger partial charge in [-0.1, -0.05) is 0 Å². The molecular formula is C20H27FN6. The summed E-state index contributed by atoms with van der Waals surface area (Å²) in [5.74, 6) is 0.440. The van der Waals surface area contributed by atoms with Crippen molar-refractivity contribution in [3.8, 4) is 6.07 Å². The third-order valence-electron chi connectivity index (χ3n) is 4.93. The number of rotatable bonds is 4. The van der Waals surface area contributed by atoms with Gasteiger partial charge in [-0.2, -0.15) is 10.4 Å². The van der Waals surface area contributed by atoms with Crippen molar-refractivity contribution < 1.29 is 4.39 Å². The van der Waals surface area contributed by atoms with E-state index in [0.717, 1.165) is 37.3 Å². The molecule has 0 radical (unpaired) electrons. The summed E-state index contributed by atoms with van der Waals surface area (Å²) < 4.78 is 16.2. The maximum atomic E-state index is 14.4. The van der Waals surface area contributed by atoms with Crippen LogP contribution in [-0.4, -0.2) is 27.9 Å². The predicted octanol–water partition coefficient (Wildman–Crippen LogP) is 3.66. The van der Waals surface area contributed by atoms with Gasteiger partial charge in [0.1, 0.15) is 5.82 Å². The molecule has 2 aromatic heterocycles. The monoisotopic (exact) mass is 370 g/mol. The molecule has 1 aliphatic rings. The van der Waals surface area contributed by atoms with Crippen LogP contribution in [0.25, 0.3) is 0 Å². The van der Waals surface area contributed by atoms with Gasteiger partial charge in [-0.25, -0.2) is 14.1 Å². The molecule has 0 bridgehead atoms. The van der Waals surface area contributed by atoms with Crippen LogP contribution >= 0.6 is 0 Å². The summed E-state index contributed by atoms with van der Waals surface area (Å²) in [4.78, 5) is 4.49. The Morgan fingerprint density at radius 2 is 2.04 bits per heavy atom. The number of hydrogen-bond donors (Lipinski definition) is 2.